The van der Waals surface area contributed by atoms with Crippen molar-refractivity contribution >= 4 is 22.5 Å². The molecular formula is C16H23ClN4O. The lowest BCUT2D eigenvalue weighted by atomic mass is 10.1. The predicted octanol–water partition coefficient (Wildman–Crippen LogP) is 2.53. The zero-order valence-corrected chi connectivity index (χ0v) is 14.1. The topological polar surface area (TPSA) is 75.0 Å². The van der Waals surface area contributed by atoms with E-state index >= 15 is 0 Å². The van der Waals surface area contributed by atoms with E-state index in [9.17, 15) is 4.79 Å². The number of aromatic amines is 1. The molecule has 3 N–H and O–H groups in total. The minimum atomic E-state index is -0.296. The molecule has 0 bridgehead atoms. The number of rotatable bonds is 6. The van der Waals surface area contributed by atoms with Crippen molar-refractivity contribution in [2.75, 3.05) is 13.1 Å². The fourth-order valence-corrected chi connectivity index (χ4v) is 2.72. The number of nitrogens with one attached hydrogen (secondary N) is 1. The summed E-state index contributed by atoms with van der Waals surface area (Å²) >= 11 is 5.99. The molecule has 0 fully saturated rings. The van der Waals surface area contributed by atoms with Crippen LogP contribution in [-0.2, 0) is 6.54 Å². The summed E-state index contributed by atoms with van der Waals surface area (Å²) in [7, 11) is 0. The highest BCUT2D eigenvalue weighted by Gasteiger charge is 2.17. The molecule has 120 valence electrons. The molecular weight excluding hydrogens is 300 g/mol. The normalized spacial score (nSPS) is 12.3. The van der Waals surface area contributed by atoms with Crippen LogP contribution in [0.15, 0.2) is 23.0 Å². The predicted molar refractivity (Wildman–Crippen MR) is 91.2 cm³/mol. The number of nitrogens with two attached hydrogens (primary N) is 1. The van der Waals surface area contributed by atoms with Crippen molar-refractivity contribution in [3.05, 3.63) is 39.4 Å². The van der Waals surface area contributed by atoms with E-state index in [0.29, 0.717) is 28.3 Å². The van der Waals surface area contributed by atoms with Gasteiger partial charge in [-0.2, -0.15) is 0 Å². The third kappa shape index (κ3) is 4.53. The number of aromatic nitrogens is 2. The molecule has 1 heterocycles. The molecule has 0 aliphatic rings. The summed E-state index contributed by atoms with van der Waals surface area (Å²) in [6.45, 7) is 8.30. The molecule has 6 heteroatoms. The van der Waals surface area contributed by atoms with Crippen LogP contribution in [0.5, 0.6) is 0 Å². The van der Waals surface area contributed by atoms with Gasteiger partial charge in [-0.1, -0.05) is 18.5 Å². The van der Waals surface area contributed by atoms with Crippen molar-refractivity contribution in [3.8, 4) is 0 Å². The van der Waals surface area contributed by atoms with Gasteiger partial charge in [-0.05, 0) is 45.0 Å². The highest BCUT2D eigenvalue weighted by atomic mass is 35.5. The number of fused-ring (bicyclic) bond motifs is 1. The molecule has 5 nitrogen and oxygen atoms in total. The fraction of sp³-hybridized carbons (Fsp3) is 0.500. The van der Waals surface area contributed by atoms with Crippen LogP contribution in [0.2, 0.25) is 5.02 Å². The molecule has 1 aromatic heterocycles. The van der Waals surface area contributed by atoms with Crippen LogP contribution < -0.4 is 11.3 Å². The molecule has 0 amide bonds. The number of hydrogen-bond donors (Lipinski definition) is 2. The lowest BCUT2D eigenvalue weighted by Gasteiger charge is -2.29. The summed E-state index contributed by atoms with van der Waals surface area (Å²) in [6.07, 6.45) is 1.01. The molecule has 0 aliphatic carbocycles. The maximum Gasteiger partial charge on any atom is 0.258 e. The first-order valence-electron chi connectivity index (χ1n) is 7.48. The quantitative estimate of drug-likeness (QED) is 0.857. The fourth-order valence-electron chi connectivity index (χ4n) is 2.55. The van der Waals surface area contributed by atoms with Gasteiger partial charge in [0.25, 0.3) is 5.56 Å². The Hall–Kier alpha value is -1.43. The number of H-pyrrole nitrogens is 1. The standard InChI is InChI=1S/C16H23ClN4O/c1-4-7-21(10-16(2,3)18)9-14-19-13-8-11(17)5-6-12(13)15(22)20-14/h5-6,8H,4,7,9-10,18H2,1-3H3,(H,19,20,22). The lowest BCUT2D eigenvalue weighted by molar-refractivity contribution is 0.213. The molecule has 1 aromatic carbocycles. The van der Waals surface area contributed by atoms with Crippen molar-refractivity contribution in [1.29, 1.82) is 0 Å². The van der Waals surface area contributed by atoms with Crippen LogP contribution in [0.25, 0.3) is 10.9 Å². The highest BCUT2D eigenvalue weighted by Crippen LogP contribution is 2.15. The second-order valence-corrected chi connectivity index (χ2v) is 6.81. The molecule has 0 atom stereocenters. The average Bonchev–Trinajstić information content (AvgIpc) is 2.36. The molecule has 0 saturated carbocycles. The third-order valence-corrected chi connectivity index (χ3v) is 3.50. The molecule has 0 aliphatic heterocycles. The largest absolute Gasteiger partial charge is 0.324 e. The van der Waals surface area contributed by atoms with Crippen molar-refractivity contribution in [2.45, 2.75) is 39.3 Å². The molecule has 22 heavy (non-hydrogen) atoms. The number of halogens is 1. The average molecular weight is 323 g/mol. The van der Waals surface area contributed by atoms with E-state index in [0.717, 1.165) is 19.5 Å². The van der Waals surface area contributed by atoms with Gasteiger partial charge in [-0.25, -0.2) is 4.98 Å². The Bertz CT molecular complexity index is 705. The third-order valence-electron chi connectivity index (χ3n) is 3.26. The number of benzene rings is 1. The lowest BCUT2D eigenvalue weighted by Crippen LogP contribution is -2.45. The minimum Gasteiger partial charge on any atom is -0.324 e. The molecule has 0 saturated heterocycles. The first kappa shape index (κ1) is 16.9. The number of hydrogen-bond acceptors (Lipinski definition) is 4. The molecule has 0 spiro atoms. The first-order chi connectivity index (χ1) is 10.3. The molecule has 2 aromatic rings. The van der Waals surface area contributed by atoms with Gasteiger partial charge in [0.05, 0.1) is 17.4 Å². The van der Waals surface area contributed by atoms with E-state index in [2.05, 4.69) is 21.8 Å². The Balaban J connectivity index is 2.31. The second-order valence-electron chi connectivity index (χ2n) is 6.37. The van der Waals surface area contributed by atoms with Crippen LogP contribution in [0.1, 0.15) is 33.0 Å². The highest BCUT2D eigenvalue weighted by molar-refractivity contribution is 6.31. The van der Waals surface area contributed by atoms with Crippen LogP contribution in [0.4, 0.5) is 0 Å². The van der Waals surface area contributed by atoms with Crippen LogP contribution in [0, 0.1) is 0 Å². The van der Waals surface area contributed by atoms with E-state index in [1.165, 1.54) is 0 Å². The van der Waals surface area contributed by atoms with Gasteiger partial charge >= 0.3 is 0 Å². The van der Waals surface area contributed by atoms with Gasteiger partial charge in [-0.15, -0.1) is 0 Å². The van der Waals surface area contributed by atoms with E-state index in [1.807, 2.05) is 13.8 Å². The van der Waals surface area contributed by atoms with Crippen LogP contribution >= 0.6 is 11.6 Å². The molecule has 0 radical (unpaired) electrons. The Morgan fingerprint density at radius 3 is 2.77 bits per heavy atom. The van der Waals surface area contributed by atoms with E-state index in [-0.39, 0.29) is 11.1 Å². The summed E-state index contributed by atoms with van der Waals surface area (Å²) in [6, 6.07) is 5.10. The van der Waals surface area contributed by atoms with Gasteiger partial charge in [-0.3, -0.25) is 9.69 Å². The van der Waals surface area contributed by atoms with Crippen molar-refractivity contribution in [2.24, 2.45) is 5.73 Å². The van der Waals surface area contributed by atoms with Crippen molar-refractivity contribution in [3.63, 3.8) is 0 Å². The van der Waals surface area contributed by atoms with Gasteiger partial charge in [0.15, 0.2) is 0 Å². The van der Waals surface area contributed by atoms with Gasteiger partial charge < -0.3 is 10.7 Å². The zero-order valence-electron chi connectivity index (χ0n) is 13.3. The summed E-state index contributed by atoms with van der Waals surface area (Å²) in [5.41, 5.74) is 6.29. The Morgan fingerprint density at radius 2 is 2.14 bits per heavy atom. The maximum atomic E-state index is 12.2. The monoisotopic (exact) mass is 322 g/mol. The van der Waals surface area contributed by atoms with Crippen molar-refractivity contribution in [1.82, 2.24) is 14.9 Å². The van der Waals surface area contributed by atoms with Crippen LogP contribution in [-0.4, -0.2) is 33.5 Å². The number of nitrogens with zero attached hydrogens (tertiary/aromatic N) is 2. The Labute approximate surface area is 135 Å². The smallest absolute Gasteiger partial charge is 0.258 e. The molecule has 0 unspecified atom stereocenters. The summed E-state index contributed by atoms with van der Waals surface area (Å²) in [5.74, 6) is 0.637. The van der Waals surface area contributed by atoms with E-state index in [4.69, 9.17) is 17.3 Å². The van der Waals surface area contributed by atoms with Gasteiger partial charge in [0, 0.05) is 17.1 Å². The Morgan fingerprint density at radius 1 is 1.41 bits per heavy atom. The van der Waals surface area contributed by atoms with Crippen LogP contribution in [0.3, 0.4) is 0 Å². The summed E-state index contributed by atoms with van der Waals surface area (Å²) < 4.78 is 0. The molecule has 2 rings (SSSR count). The second kappa shape index (κ2) is 6.77. The van der Waals surface area contributed by atoms with E-state index in [1.54, 1.807) is 18.2 Å². The zero-order chi connectivity index (χ0) is 16.3. The maximum absolute atomic E-state index is 12.2. The van der Waals surface area contributed by atoms with Crippen molar-refractivity contribution < 1.29 is 0 Å². The summed E-state index contributed by atoms with van der Waals surface area (Å²) in [4.78, 5) is 21.7. The summed E-state index contributed by atoms with van der Waals surface area (Å²) in [5, 5.41) is 1.12. The SMILES string of the molecule is CCCN(Cc1nc2cc(Cl)ccc2c(=O)[nH]1)CC(C)(C)N. The Kier molecular flexibility index (Phi) is 5.21. The minimum absolute atomic E-state index is 0.139. The van der Waals surface area contributed by atoms with Gasteiger partial charge in [0.1, 0.15) is 5.82 Å². The first-order valence-corrected chi connectivity index (χ1v) is 7.86. The van der Waals surface area contributed by atoms with Gasteiger partial charge in [0.2, 0.25) is 0 Å². The van der Waals surface area contributed by atoms with E-state index < -0.39 is 0 Å².